The number of carbonyl (C=O) groups is 2. The van der Waals surface area contributed by atoms with Crippen LogP contribution in [-0.4, -0.2) is 18.9 Å². The highest BCUT2D eigenvalue weighted by atomic mass is 16.5. The van der Waals surface area contributed by atoms with Gasteiger partial charge < -0.3 is 9.53 Å². The van der Waals surface area contributed by atoms with E-state index in [0.717, 1.165) is 0 Å². The van der Waals surface area contributed by atoms with Crippen LogP contribution in [0.2, 0.25) is 0 Å². The second kappa shape index (κ2) is 4.88. The van der Waals surface area contributed by atoms with Crippen molar-refractivity contribution < 1.29 is 14.3 Å². The normalized spacial score (nSPS) is 12.7. The molecular weight excluding hydrogens is 144 g/mol. The third-order valence-corrected chi connectivity index (χ3v) is 1.13. The van der Waals surface area contributed by atoms with Crippen LogP contribution in [0.5, 0.6) is 0 Å². The minimum absolute atomic E-state index is 0.317. The van der Waals surface area contributed by atoms with Gasteiger partial charge in [0.1, 0.15) is 12.2 Å². The molecule has 1 atom stereocenters. The minimum atomic E-state index is -0.631. The van der Waals surface area contributed by atoms with E-state index in [-0.39, 0.29) is 0 Å². The maximum absolute atomic E-state index is 10.8. The van der Waals surface area contributed by atoms with Crippen LogP contribution < -0.4 is 0 Å². The molecule has 0 heterocycles. The van der Waals surface area contributed by atoms with E-state index in [9.17, 15) is 9.59 Å². The summed E-state index contributed by atoms with van der Waals surface area (Å²) in [6.07, 6.45) is 0.586. The molecule has 11 heavy (non-hydrogen) atoms. The van der Waals surface area contributed by atoms with Crippen LogP contribution >= 0.6 is 0 Å². The van der Waals surface area contributed by atoms with Gasteiger partial charge in [0.05, 0.1) is 6.61 Å². The highest BCUT2D eigenvalue weighted by Crippen LogP contribution is 1.98. The van der Waals surface area contributed by atoms with Crippen LogP contribution in [0.15, 0.2) is 0 Å². The largest absolute Gasteiger partial charge is 0.465 e. The second-order valence-corrected chi connectivity index (χ2v) is 2.95. The van der Waals surface area contributed by atoms with Crippen LogP contribution in [-0.2, 0) is 14.3 Å². The van der Waals surface area contributed by atoms with Gasteiger partial charge in [0.25, 0.3) is 0 Å². The molecule has 0 aromatic carbocycles. The van der Waals surface area contributed by atoms with E-state index in [1.165, 1.54) is 6.92 Å². The Balaban J connectivity index is 3.60. The lowest BCUT2D eigenvalue weighted by molar-refractivity contribution is -0.150. The summed E-state index contributed by atoms with van der Waals surface area (Å²) >= 11 is 0. The van der Waals surface area contributed by atoms with Crippen molar-refractivity contribution in [3.8, 4) is 0 Å². The number of hydrogen-bond donors (Lipinski definition) is 0. The highest BCUT2D eigenvalue weighted by Gasteiger charge is 2.12. The fraction of sp³-hybridized carbons (Fsp3) is 0.750. The van der Waals surface area contributed by atoms with Gasteiger partial charge in [-0.15, -0.1) is 0 Å². The lowest BCUT2D eigenvalue weighted by atomic mass is 10.2. The Morgan fingerprint density at radius 2 is 2.00 bits per heavy atom. The Bertz CT molecular complexity index is 140. The molecule has 0 aromatic rings. The predicted octanol–water partition coefficient (Wildman–Crippen LogP) is 1.02. The summed E-state index contributed by atoms with van der Waals surface area (Å²) in [5.74, 6) is -0.750. The summed E-state index contributed by atoms with van der Waals surface area (Å²) in [5, 5.41) is 0. The standard InChI is InChI=1S/C8H14O3/c1-6(2)5-11-8(10)7(3)4-9/h4,6-7H,5H2,1-3H3. The van der Waals surface area contributed by atoms with E-state index < -0.39 is 11.9 Å². The Morgan fingerprint density at radius 3 is 2.36 bits per heavy atom. The molecule has 0 fully saturated rings. The van der Waals surface area contributed by atoms with Crippen molar-refractivity contribution in [1.29, 1.82) is 0 Å². The van der Waals surface area contributed by atoms with Gasteiger partial charge in [-0.05, 0) is 12.8 Å². The summed E-state index contributed by atoms with van der Waals surface area (Å²) < 4.78 is 4.79. The molecule has 1 unspecified atom stereocenters. The topological polar surface area (TPSA) is 43.4 Å². The summed E-state index contributed by atoms with van der Waals surface area (Å²) in [5.41, 5.74) is 0. The molecular formula is C8H14O3. The molecule has 0 radical (unpaired) electrons. The van der Waals surface area contributed by atoms with Crippen molar-refractivity contribution in [2.45, 2.75) is 20.8 Å². The van der Waals surface area contributed by atoms with Gasteiger partial charge in [-0.3, -0.25) is 4.79 Å². The number of esters is 1. The van der Waals surface area contributed by atoms with Crippen molar-refractivity contribution in [3.05, 3.63) is 0 Å². The van der Waals surface area contributed by atoms with Crippen LogP contribution in [0.1, 0.15) is 20.8 Å². The fourth-order valence-electron chi connectivity index (χ4n) is 0.436. The first-order valence-corrected chi connectivity index (χ1v) is 3.69. The summed E-state index contributed by atoms with van der Waals surface area (Å²) in [7, 11) is 0. The zero-order chi connectivity index (χ0) is 8.85. The molecule has 0 N–H and O–H groups in total. The molecule has 0 aliphatic carbocycles. The van der Waals surface area contributed by atoms with Crippen LogP contribution in [0.4, 0.5) is 0 Å². The molecule has 0 saturated heterocycles. The monoisotopic (exact) mass is 158 g/mol. The molecule has 64 valence electrons. The van der Waals surface area contributed by atoms with Gasteiger partial charge in [0.2, 0.25) is 0 Å². The van der Waals surface area contributed by atoms with Gasteiger partial charge in [-0.2, -0.15) is 0 Å². The Hall–Kier alpha value is -0.860. The molecule has 0 amide bonds. The Morgan fingerprint density at radius 1 is 1.45 bits per heavy atom. The Kier molecular flexibility index (Phi) is 4.50. The smallest absolute Gasteiger partial charge is 0.315 e. The van der Waals surface area contributed by atoms with Gasteiger partial charge in [0, 0.05) is 0 Å². The van der Waals surface area contributed by atoms with Crippen LogP contribution in [0.3, 0.4) is 0 Å². The van der Waals surface area contributed by atoms with E-state index in [1.807, 2.05) is 13.8 Å². The van der Waals surface area contributed by atoms with E-state index in [1.54, 1.807) is 0 Å². The van der Waals surface area contributed by atoms with Gasteiger partial charge in [-0.25, -0.2) is 0 Å². The maximum Gasteiger partial charge on any atom is 0.315 e. The zero-order valence-corrected chi connectivity index (χ0v) is 7.16. The number of carbonyl (C=O) groups excluding carboxylic acids is 2. The van der Waals surface area contributed by atoms with Crippen molar-refractivity contribution in [2.24, 2.45) is 11.8 Å². The third kappa shape index (κ3) is 4.53. The molecule has 3 heteroatoms. The zero-order valence-electron chi connectivity index (χ0n) is 7.16. The molecule has 0 aromatic heterocycles. The van der Waals surface area contributed by atoms with Crippen LogP contribution in [0, 0.1) is 11.8 Å². The second-order valence-electron chi connectivity index (χ2n) is 2.95. The third-order valence-electron chi connectivity index (χ3n) is 1.13. The van der Waals surface area contributed by atoms with E-state index in [2.05, 4.69) is 0 Å². The number of rotatable bonds is 4. The van der Waals surface area contributed by atoms with E-state index >= 15 is 0 Å². The van der Waals surface area contributed by atoms with Crippen molar-refractivity contribution >= 4 is 12.3 Å². The number of aldehydes is 1. The predicted molar refractivity (Wildman–Crippen MR) is 41.0 cm³/mol. The SMILES string of the molecule is CC(C)COC(=O)C(C)C=O. The average Bonchev–Trinajstić information content (AvgIpc) is 1.98. The van der Waals surface area contributed by atoms with Crippen molar-refractivity contribution in [1.82, 2.24) is 0 Å². The maximum atomic E-state index is 10.8. The molecule has 0 spiro atoms. The Labute approximate surface area is 66.7 Å². The van der Waals surface area contributed by atoms with Crippen molar-refractivity contribution in [2.75, 3.05) is 6.61 Å². The fourth-order valence-corrected chi connectivity index (χ4v) is 0.436. The molecule has 0 aliphatic rings. The first-order chi connectivity index (χ1) is 5.07. The molecule has 0 aliphatic heterocycles. The van der Waals surface area contributed by atoms with Crippen LogP contribution in [0.25, 0.3) is 0 Å². The summed E-state index contributed by atoms with van der Waals surface area (Å²) in [4.78, 5) is 20.9. The van der Waals surface area contributed by atoms with Gasteiger partial charge in [0.15, 0.2) is 0 Å². The van der Waals surface area contributed by atoms with E-state index in [4.69, 9.17) is 4.74 Å². The molecule has 0 rings (SSSR count). The minimum Gasteiger partial charge on any atom is -0.465 e. The highest BCUT2D eigenvalue weighted by molar-refractivity contribution is 5.87. The summed E-state index contributed by atoms with van der Waals surface area (Å²) in [6.45, 7) is 5.80. The molecule has 0 saturated carbocycles. The number of ether oxygens (including phenoxy) is 1. The van der Waals surface area contributed by atoms with Gasteiger partial charge >= 0.3 is 5.97 Å². The lowest BCUT2D eigenvalue weighted by Gasteiger charge is -2.07. The molecule has 3 nitrogen and oxygen atoms in total. The van der Waals surface area contributed by atoms with Gasteiger partial charge in [-0.1, -0.05) is 13.8 Å². The van der Waals surface area contributed by atoms with Crippen molar-refractivity contribution in [3.63, 3.8) is 0 Å². The summed E-state index contributed by atoms with van der Waals surface area (Å²) in [6, 6.07) is 0. The van der Waals surface area contributed by atoms with E-state index in [0.29, 0.717) is 18.8 Å². The first-order valence-electron chi connectivity index (χ1n) is 3.69. The lowest BCUT2D eigenvalue weighted by Crippen LogP contribution is -2.18. The molecule has 0 bridgehead atoms. The quantitative estimate of drug-likeness (QED) is 0.348. The average molecular weight is 158 g/mol. The first kappa shape index (κ1) is 10.1. The number of hydrogen-bond acceptors (Lipinski definition) is 3.